The van der Waals surface area contributed by atoms with E-state index in [-0.39, 0.29) is 18.5 Å². The highest BCUT2D eigenvalue weighted by atomic mass is 35.5. The number of hydrogen-bond donors (Lipinski definition) is 1. The van der Waals surface area contributed by atoms with E-state index in [2.05, 4.69) is 11.4 Å². The molecule has 1 aliphatic heterocycles. The van der Waals surface area contributed by atoms with Gasteiger partial charge in [0.1, 0.15) is 0 Å². The van der Waals surface area contributed by atoms with Gasteiger partial charge >= 0.3 is 0 Å². The predicted octanol–water partition coefficient (Wildman–Crippen LogP) is 5.03. The van der Waals surface area contributed by atoms with E-state index in [4.69, 9.17) is 27.9 Å². The number of benzene rings is 1. The Bertz CT molecular complexity index is 459. The molecule has 1 aromatic carbocycles. The first-order chi connectivity index (χ1) is 9.74. The van der Waals surface area contributed by atoms with E-state index in [1.54, 1.807) is 0 Å². The molecular formula is C16H22Cl3NO. The van der Waals surface area contributed by atoms with Crippen LogP contribution in [-0.2, 0) is 4.74 Å². The normalized spacial score (nSPS) is 21.4. The van der Waals surface area contributed by atoms with Gasteiger partial charge in [0.15, 0.2) is 0 Å². The van der Waals surface area contributed by atoms with E-state index in [1.165, 1.54) is 32.1 Å². The van der Waals surface area contributed by atoms with E-state index in [9.17, 15) is 0 Å². The van der Waals surface area contributed by atoms with Crippen molar-refractivity contribution >= 4 is 35.6 Å². The van der Waals surface area contributed by atoms with Gasteiger partial charge in [0.25, 0.3) is 0 Å². The molecule has 2 aliphatic rings. The van der Waals surface area contributed by atoms with Gasteiger partial charge in [-0.25, -0.2) is 0 Å². The molecule has 0 spiro atoms. The molecule has 1 saturated heterocycles. The number of hydrogen-bond acceptors (Lipinski definition) is 2. The summed E-state index contributed by atoms with van der Waals surface area (Å²) in [6, 6.07) is 5.90. The second-order valence-electron chi connectivity index (χ2n) is 5.91. The van der Waals surface area contributed by atoms with Crippen LogP contribution < -0.4 is 5.32 Å². The lowest BCUT2D eigenvalue weighted by Gasteiger charge is -2.38. The van der Waals surface area contributed by atoms with Crippen molar-refractivity contribution in [2.45, 2.75) is 44.3 Å². The summed E-state index contributed by atoms with van der Waals surface area (Å²) >= 11 is 12.2. The third kappa shape index (κ3) is 4.27. The zero-order chi connectivity index (χ0) is 13.9. The highest BCUT2D eigenvalue weighted by Gasteiger charge is 2.31. The molecule has 118 valence electrons. The van der Waals surface area contributed by atoms with Crippen LogP contribution >= 0.6 is 35.6 Å². The fourth-order valence-electron chi connectivity index (χ4n) is 3.08. The van der Waals surface area contributed by atoms with Crippen LogP contribution in [0.25, 0.3) is 0 Å². The average molecular weight is 351 g/mol. The Morgan fingerprint density at radius 1 is 1.05 bits per heavy atom. The fraction of sp³-hybridized carbons (Fsp3) is 0.625. The van der Waals surface area contributed by atoms with Gasteiger partial charge in [0.05, 0.1) is 22.3 Å². The molecular weight excluding hydrogens is 329 g/mol. The Kier molecular flexibility index (Phi) is 6.64. The van der Waals surface area contributed by atoms with Crippen LogP contribution in [0.3, 0.4) is 0 Å². The summed E-state index contributed by atoms with van der Waals surface area (Å²) in [5.41, 5.74) is 1.16. The molecule has 1 unspecified atom stereocenters. The highest BCUT2D eigenvalue weighted by Crippen LogP contribution is 2.36. The molecule has 1 aromatic rings. The minimum Gasteiger partial charge on any atom is -0.370 e. The molecule has 5 heteroatoms. The molecule has 1 N–H and O–H groups in total. The third-order valence-corrected chi connectivity index (χ3v) is 5.14. The van der Waals surface area contributed by atoms with Crippen molar-refractivity contribution in [1.29, 1.82) is 0 Å². The largest absolute Gasteiger partial charge is 0.370 e. The topological polar surface area (TPSA) is 21.3 Å². The van der Waals surface area contributed by atoms with E-state index in [0.717, 1.165) is 18.7 Å². The Labute approximate surface area is 142 Å². The van der Waals surface area contributed by atoms with Crippen LogP contribution in [0, 0.1) is 5.92 Å². The van der Waals surface area contributed by atoms with Crippen molar-refractivity contribution < 1.29 is 4.74 Å². The van der Waals surface area contributed by atoms with Crippen LogP contribution in [0.1, 0.15) is 43.8 Å². The van der Waals surface area contributed by atoms with Gasteiger partial charge in [-0.3, -0.25) is 0 Å². The number of rotatable bonds is 4. The van der Waals surface area contributed by atoms with E-state index >= 15 is 0 Å². The van der Waals surface area contributed by atoms with Gasteiger partial charge in [-0.15, -0.1) is 12.4 Å². The monoisotopic (exact) mass is 349 g/mol. The molecule has 2 fully saturated rings. The minimum atomic E-state index is 0. The van der Waals surface area contributed by atoms with E-state index in [1.807, 2.05) is 12.1 Å². The molecule has 2 nitrogen and oxygen atoms in total. The number of ether oxygens (including phenoxy) is 1. The molecule has 0 amide bonds. The first-order valence-corrected chi connectivity index (χ1v) is 8.31. The quantitative estimate of drug-likeness (QED) is 0.822. The second kappa shape index (κ2) is 8.03. The van der Waals surface area contributed by atoms with E-state index < -0.39 is 0 Å². The van der Waals surface area contributed by atoms with Gasteiger partial charge < -0.3 is 10.1 Å². The van der Waals surface area contributed by atoms with Crippen molar-refractivity contribution in [2.75, 3.05) is 13.1 Å². The van der Waals surface area contributed by atoms with Crippen LogP contribution in [0.4, 0.5) is 0 Å². The molecule has 0 radical (unpaired) electrons. The molecule has 0 bridgehead atoms. The van der Waals surface area contributed by atoms with Crippen molar-refractivity contribution in [2.24, 2.45) is 5.92 Å². The summed E-state index contributed by atoms with van der Waals surface area (Å²) < 4.78 is 6.43. The Balaban J connectivity index is 0.00000161. The van der Waals surface area contributed by atoms with Crippen molar-refractivity contribution in [1.82, 2.24) is 5.32 Å². The van der Waals surface area contributed by atoms with Gasteiger partial charge in [-0.05, 0) is 30.5 Å². The van der Waals surface area contributed by atoms with Gasteiger partial charge in [-0.2, -0.15) is 0 Å². The Morgan fingerprint density at radius 3 is 2.33 bits per heavy atom. The van der Waals surface area contributed by atoms with Crippen molar-refractivity contribution in [3.63, 3.8) is 0 Å². The zero-order valence-electron chi connectivity index (χ0n) is 12.0. The summed E-state index contributed by atoms with van der Waals surface area (Å²) in [7, 11) is 0. The lowest BCUT2D eigenvalue weighted by molar-refractivity contribution is -0.0699. The summed E-state index contributed by atoms with van der Waals surface area (Å²) in [5, 5.41) is 4.56. The summed E-state index contributed by atoms with van der Waals surface area (Å²) in [6.45, 7) is 2.05. The van der Waals surface area contributed by atoms with Crippen LogP contribution in [0.2, 0.25) is 10.0 Å². The standard InChI is InChI=1S/C16H21Cl2NO.ClH/c17-14-7-6-11(8-15(14)18)16(12-9-19-10-12)20-13-4-2-1-3-5-13;/h6-8,12-13,16,19H,1-5,9-10H2;1H. The Hall–Kier alpha value is 0.01000. The van der Waals surface area contributed by atoms with Crippen molar-refractivity contribution in [3.8, 4) is 0 Å². The van der Waals surface area contributed by atoms with Crippen LogP contribution in [0.15, 0.2) is 18.2 Å². The zero-order valence-corrected chi connectivity index (χ0v) is 14.3. The lowest BCUT2D eigenvalue weighted by Crippen LogP contribution is -2.46. The smallest absolute Gasteiger partial charge is 0.0881 e. The molecule has 21 heavy (non-hydrogen) atoms. The predicted molar refractivity (Wildman–Crippen MR) is 90.8 cm³/mol. The van der Waals surface area contributed by atoms with Gasteiger partial charge in [0.2, 0.25) is 0 Å². The SMILES string of the molecule is Cl.Clc1ccc(C(OC2CCCCC2)C2CNC2)cc1Cl. The summed E-state index contributed by atoms with van der Waals surface area (Å²) in [5.74, 6) is 0.550. The van der Waals surface area contributed by atoms with Crippen LogP contribution in [-0.4, -0.2) is 19.2 Å². The maximum atomic E-state index is 6.43. The average Bonchev–Trinajstić information content (AvgIpc) is 2.40. The maximum absolute atomic E-state index is 6.43. The molecule has 1 atom stereocenters. The second-order valence-corrected chi connectivity index (χ2v) is 6.72. The fourth-order valence-corrected chi connectivity index (χ4v) is 3.39. The highest BCUT2D eigenvalue weighted by molar-refractivity contribution is 6.42. The lowest BCUT2D eigenvalue weighted by atomic mass is 9.89. The van der Waals surface area contributed by atoms with Crippen LogP contribution in [0.5, 0.6) is 0 Å². The minimum absolute atomic E-state index is 0. The molecule has 0 aromatic heterocycles. The van der Waals surface area contributed by atoms with Gasteiger partial charge in [-0.1, -0.05) is 48.5 Å². The van der Waals surface area contributed by atoms with E-state index in [0.29, 0.717) is 22.1 Å². The maximum Gasteiger partial charge on any atom is 0.0881 e. The summed E-state index contributed by atoms with van der Waals surface area (Å²) in [4.78, 5) is 0. The first kappa shape index (κ1) is 17.4. The van der Waals surface area contributed by atoms with Gasteiger partial charge in [0, 0.05) is 19.0 Å². The summed E-state index contributed by atoms with van der Waals surface area (Å²) in [6.07, 6.45) is 6.87. The number of nitrogens with one attached hydrogen (secondary N) is 1. The van der Waals surface area contributed by atoms with Crippen molar-refractivity contribution in [3.05, 3.63) is 33.8 Å². The molecule has 1 aliphatic carbocycles. The molecule has 1 heterocycles. The molecule has 1 saturated carbocycles. The number of halogens is 3. The Morgan fingerprint density at radius 2 is 1.76 bits per heavy atom. The first-order valence-electron chi connectivity index (χ1n) is 7.55. The third-order valence-electron chi connectivity index (χ3n) is 4.40. The molecule has 3 rings (SSSR count).